The third-order valence-electron chi connectivity index (χ3n) is 8.87. The highest BCUT2D eigenvalue weighted by Gasteiger charge is 2.45. The van der Waals surface area contributed by atoms with Crippen LogP contribution >= 0.6 is 0 Å². The van der Waals surface area contributed by atoms with Crippen LogP contribution in [0.1, 0.15) is 59.0 Å². The molecule has 3 aromatic carbocycles. The Labute approximate surface area is 332 Å². The number of carbonyl (C=O) groups is 2. The molecule has 12 heteroatoms. The van der Waals surface area contributed by atoms with Gasteiger partial charge in [0.1, 0.15) is 35.0 Å². The van der Waals surface area contributed by atoms with Crippen LogP contribution in [-0.4, -0.2) is 85.4 Å². The normalized spacial score (nSPS) is 17.8. The van der Waals surface area contributed by atoms with Gasteiger partial charge in [0.15, 0.2) is 12.6 Å². The third kappa shape index (κ3) is 13.9. The van der Waals surface area contributed by atoms with Gasteiger partial charge in [-0.25, -0.2) is 9.59 Å². The lowest BCUT2D eigenvalue weighted by molar-refractivity contribution is -0.152. The standard InChI is InChI=1S/C44H58O11Si/c1-31(28-50-29-32-19-21-35(48-5)22-20-32)18-23-37(53-42(45)33-14-11-10-12-15-33)41-38(54-44(2,3)55-41)17-13-16-34-26-36(49-6)27-39(52-30-47-4)40(34)43(46)51-24-25-56(7,8)9/h10-16,18-23,26-27,31,37-38,41H,17,24-25,28-30H2,1-9H3/b16-13+,23-18-/t31-,37?,38-,41-/m1/s1. The minimum Gasteiger partial charge on any atom is -0.497 e. The summed E-state index contributed by atoms with van der Waals surface area (Å²) in [7, 11) is 3.24. The Morgan fingerprint density at radius 1 is 0.893 bits per heavy atom. The van der Waals surface area contributed by atoms with Crippen molar-refractivity contribution in [1.29, 1.82) is 0 Å². The number of carbonyl (C=O) groups excluding carboxylic acids is 2. The number of hydrogen-bond acceptors (Lipinski definition) is 11. The van der Waals surface area contributed by atoms with E-state index in [1.54, 1.807) is 50.6 Å². The quantitative estimate of drug-likeness (QED) is 0.0446. The van der Waals surface area contributed by atoms with E-state index >= 15 is 0 Å². The Hall–Kier alpha value is -4.46. The molecule has 0 amide bonds. The fourth-order valence-corrected chi connectivity index (χ4v) is 6.63. The number of benzene rings is 3. The average molecular weight is 791 g/mol. The molecule has 0 radical (unpaired) electrons. The van der Waals surface area contributed by atoms with Gasteiger partial charge in [0.2, 0.25) is 0 Å². The van der Waals surface area contributed by atoms with Crippen molar-refractivity contribution in [2.45, 2.75) is 83.6 Å². The Bertz CT molecular complexity index is 1750. The molecule has 1 heterocycles. The summed E-state index contributed by atoms with van der Waals surface area (Å²) < 4.78 is 52.5. The summed E-state index contributed by atoms with van der Waals surface area (Å²) in [6, 6.07) is 20.8. The van der Waals surface area contributed by atoms with Crippen LogP contribution in [0.4, 0.5) is 0 Å². The van der Waals surface area contributed by atoms with Crippen LogP contribution in [0.5, 0.6) is 17.2 Å². The zero-order chi connectivity index (χ0) is 40.7. The van der Waals surface area contributed by atoms with Crippen molar-refractivity contribution >= 4 is 26.1 Å². The lowest BCUT2D eigenvalue weighted by Crippen LogP contribution is -2.37. The van der Waals surface area contributed by atoms with Crippen molar-refractivity contribution in [3.8, 4) is 17.2 Å². The molecule has 304 valence electrons. The molecule has 4 atom stereocenters. The van der Waals surface area contributed by atoms with Crippen LogP contribution in [0.2, 0.25) is 25.7 Å². The van der Waals surface area contributed by atoms with Crippen LogP contribution in [0.25, 0.3) is 6.08 Å². The van der Waals surface area contributed by atoms with Crippen molar-refractivity contribution in [1.82, 2.24) is 0 Å². The molecular weight excluding hydrogens is 733 g/mol. The van der Waals surface area contributed by atoms with Gasteiger partial charge in [-0.2, -0.15) is 0 Å². The fraction of sp³-hybridized carbons (Fsp3) is 0.455. The van der Waals surface area contributed by atoms with E-state index < -0.39 is 44.1 Å². The van der Waals surface area contributed by atoms with Crippen molar-refractivity contribution < 1.29 is 52.2 Å². The van der Waals surface area contributed by atoms with Gasteiger partial charge in [-0.15, -0.1) is 0 Å². The molecule has 0 aliphatic carbocycles. The van der Waals surface area contributed by atoms with Gasteiger partial charge in [-0.3, -0.25) is 0 Å². The van der Waals surface area contributed by atoms with Crippen LogP contribution in [0.3, 0.4) is 0 Å². The molecule has 1 saturated heterocycles. The summed E-state index contributed by atoms with van der Waals surface area (Å²) in [6.45, 7) is 13.5. The summed E-state index contributed by atoms with van der Waals surface area (Å²) in [5.74, 6) is -0.399. The lowest BCUT2D eigenvalue weighted by atomic mass is 10.0. The van der Waals surface area contributed by atoms with E-state index in [0.29, 0.717) is 43.1 Å². The van der Waals surface area contributed by atoms with E-state index in [2.05, 4.69) is 19.6 Å². The maximum atomic E-state index is 13.6. The van der Waals surface area contributed by atoms with Crippen molar-refractivity contribution in [2.24, 2.45) is 5.92 Å². The topological polar surface area (TPSA) is 117 Å². The number of hydrogen-bond donors (Lipinski definition) is 0. The minimum atomic E-state index is -1.45. The second kappa shape index (κ2) is 21.2. The molecule has 11 nitrogen and oxygen atoms in total. The van der Waals surface area contributed by atoms with Gasteiger partial charge in [0, 0.05) is 21.3 Å². The van der Waals surface area contributed by atoms with Gasteiger partial charge < -0.3 is 42.6 Å². The second-order valence-electron chi connectivity index (χ2n) is 15.3. The first-order valence-electron chi connectivity index (χ1n) is 18.9. The highest BCUT2D eigenvalue weighted by atomic mass is 28.3. The number of methoxy groups -OCH3 is 3. The zero-order valence-corrected chi connectivity index (χ0v) is 35.2. The molecule has 56 heavy (non-hydrogen) atoms. The molecule has 0 spiro atoms. The number of rotatable bonds is 21. The fourth-order valence-electron chi connectivity index (χ4n) is 5.91. The predicted octanol–water partition coefficient (Wildman–Crippen LogP) is 8.74. The molecule has 0 aromatic heterocycles. The van der Waals surface area contributed by atoms with Crippen LogP contribution in [0.15, 0.2) is 85.0 Å². The number of esters is 2. The van der Waals surface area contributed by atoms with Crippen molar-refractivity contribution in [3.05, 3.63) is 107 Å². The maximum absolute atomic E-state index is 13.6. The smallest absolute Gasteiger partial charge is 0.342 e. The van der Waals surface area contributed by atoms with Crippen LogP contribution in [-0.2, 0) is 35.0 Å². The summed E-state index contributed by atoms with van der Waals surface area (Å²) >= 11 is 0. The van der Waals surface area contributed by atoms with Gasteiger partial charge in [0.25, 0.3) is 0 Å². The van der Waals surface area contributed by atoms with Gasteiger partial charge in [-0.05, 0) is 79.8 Å². The van der Waals surface area contributed by atoms with Crippen molar-refractivity contribution in [3.63, 3.8) is 0 Å². The summed E-state index contributed by atoms with van der Waals surface area (Å²) in [5, 5.41) is 0. The Morgan fingerprint density at radius 3 is 2.27 bits per heavy atom. The minimum absolute atomic E-state index is 0.00800. The van der Waals surface area contributed by atoms with E-state index in [9.17, 15) is 9.59 Å². The maximum Gasteiger partial charge on any atom is 0.342 e. The predicted molar refractivity (Wildman–Crippen MR) is 218 cm³/mol. The van der Waals surface area contributed by atoms with Crippen molar-refractivity contribution in [2.75, 3.05) is 41.3 Å². The molecule has 0 saturated carbocycles. The molecule has 3 aromatic rings. The first kappa shape index (κ1) is 44.3. The molecule has 1 unspecified atom stereocenters. The molecule has 0 N–H and O–H groups in total. The Balaban J connectivity index is 1.57. The van der Waals surface area contributed by atoms with Crippen LogP contribution in [0, 0.1) is 5.92 Å². The molecule has 4 rings (SSSR count). The Morgan fingerprint density at radius 2 is 1.61 bits per heavy atom. The lowest BCUT2D eigenvalue weighted by Gasteiger charge is -2.24. The van der Waals surface area contributed by atoms with Gasteiger partial charge in [-0.1, -0.05) is 75.1 Å². The molecule has 1 aliphatic rings. The summed E-state index contributed by atoms with van der Waals surface area (Å²) in [6.07, 6.45) is 5.90. The first-order chi connectivity index (χ1) is 26.7. The largest absolute Gasteiger partial charge is 0.497 e. The highest BCUT2D eigenvalue weighted by molar-refractivity contribution is 6.76. The summed E-state index contributed by atoms with van der Waals surface area (Å²) in [5.41, 5.74) is 2.25. The van der Waals surface area contributed by atoms with Crippen LogP contribution < -0.4 is 14.2 Å². The third-order valence-corrected chi connectivity index (χ3v) is 10.6. The summed E-state index contributed by atoms with van der Waals surface area (Å²) in [4.78, 5) is 27.0. The molecule has 0 bridgehead atoms. The van der Waals surface area contributed by atoms with E-state index in [4.69, 9.17) is 42.6 Å². The molecular formula is C44H58O11Si. The molecule has 1 aliphatic heterocycles. The molecule has 1 fully saturated rings. The number of ether oxygens (including phenoxy) is 9. The average Bonchev–Trinajstić information content (AvgIpc) is 3.48. The van der Waals surface area contributed by atoms with E-state index in [0.717, 1.165) is 17.4 Å². The van der Waals surface area contributed by atoms with E-state index in [-0.39, 0.29) is 24.0 Å². The van der Waals surface area contributed by atoms with Gasteiger partial charge in [0.05, 0.1) is 45.7 Å². The first-order valence-corrected chi connectivity index (χ1v) is 22.6. The van der Waals surface area contributed by atoms with E-state index in [1.807, 2.05) is 75.4 Å². The highest BCUT2D eigenvalue weighted by Crippen LogP contribution is 2.35. The SMILES string of the molecule is COCOc1cc(OC)cc(/C=C/C[C@H]2OC(C)(C)O[C@@H]2C(/C=C\[C@@H](C)COCc2ccc(OC)cc2)OC(=O)c2ccccc2)c1C(=O)OCC[Si](C)(C)C. The van der Waals surface area contributed by atoms with E-state index in [1.165, 1.54) is 7.11 Å². The zero-order valence-electron chi connectivity index (χ0n) is 34.2. The monoisotopic (exact) mass is 790 g/mol. The van der Waals surface area contributed by atoms with Gasteiger partial charge >= 0.3 is 11.9 Å². The Kier molecular flexibility index (Phi) is 16.7. The second-order valence-corrected chi connectivity index (χ2v) is 20.9.